The monoisotopic (exact) mass is 276 g/mol. The molecule has 0 saturated carbocycles. The van der Waals surface area contributed by atoms with Crippen LogP contribution in [0.15, 0.2) is 36.4 Å². The van der Waals surface area contributed by atoms with Crippen molar-refractivity contribution in [1.82, 2.24) is 4.98 Å². The summed E-state index contributed by atoms with van der Waals surface area (Å²) in [5.41, 5.74) is 5.04. The first kappa shape index (κ1) is 13.4. The first-order chi connectivity index (χ1) is 9.47. The Labute approximate surface area is 112 Å². The number of nitrogens with one attached hydrogen (secondary N) is 1. The SMILES string of the molecule is N=C(N)c1cccc(Oc2cc(F)ccc2[N+](=O)[O-])n1. The Balaban J connectivity index is 2.39. The summed E-state index contributed by atoms with van der Waals surface area (Å²) in [4.78, 5) is 14.0. The third-order valence-corrected chi connectivity index (χ3v) is 2.33. The lowest BCUT2D eigenvalue weighted by atomic mass is 10.3. The smallest absolute Gasteiger partial charge is 0.311 e. The van der Waals surface area contributed by atoms with E-state index in [0.717, 1.165) is 18.2 Å². The second-order valence-electron chi connectivity index (χ2n) is 3.75. The third kappa shape index (κ3) is 2.86. The topological polar surface area (TPSA) is 115 Å². The third-order valence-electron chi connectivity index (χ3n) is 2.33. The van der Waals surface area contributed by atoms with E-state index in [2.05, 4.69) is 4.98 Å². The molecule has 2 rings (SSSR count). The van der Waals surface area contributed by atoms with Gasteiger partial charge in [0.05, 0.1) is 4.92 Å². The average Bonchev–Trinajstić information content (AvgIpc) is 2.38. The van der Waals surface area contributed by atoms with E-state index in [0.29, 0.717) is 0 Å². The zero-order valence-electron chi connectivity index (χ0n) is 10.0. The Morgan fingerprint density at radius 3 is 2.80 bits per heavy atom. The molecule has 0 saturated heterocycles. The fraction of sp³-hybridized carbons (Fsp3) is 0. The highest BCUT2D eigenvalue weighted by molar-refractivity contribution is 5.93. The number of pyridine rings is 1. The van der Waals surface area contributed by atoms with Gasteiger partial charge in [-0.05, 0) is 12.1 Å². The Hall–Kier alpha value is -3.03. The van der Waals surface area contributed by atoms with Gasteiger partial charge in [0.15, 0.2) is 0 Å². The van der Waals surface area contributed by atoms with Crippen molar-refractivity contribution in [2.45, 2.75) is 0 Å². The number of nitro benzene ring substituents is 1. The van der Waals surface area contributed by atoms with Gasteiger partial charge in [-0.2, -0.15) is 0 Å². The summed E-state index contributed by atoms with van der Waals surface area (Å²) in [5.74, 6) is -1.24. The molecule has 1 heterocycles. The molecule has 0 radical (unpaired) electrons. The minimum Gasteiger partial charge on any atom is -0.432 e. The van der Waals surface area contributed by atoms with Crippen molar-refractivity contribution in [2.24, 2.45) is 5.73 Å². The zero-order valence-corrected chi connectivity index (χ0v) is 10.0. The molecule has 1 aromatic heterocycles. The number of hydrogen-bond acceptors (Lipinski definition) is 5. The lowest BCUT2D eigenvalue weighted by Crippen LogP contribution is -2.13. The molecule has 20 heavy (non-hydrogen) atoms. The lowest BCUT2D eigenvalue weighted by molar-refractivity contribution is -0.385. The number of aromatic nitrogens is 1. The number of amidine groups is 1. The summed E-state index contributed by atoms with van der Waals surface area (Å²) in [6.45, 7) is 0. The quantitative estimate of drug-likeness (QED) is 0.384. The van der Waals surface area contributed by atoms with Gasteiger partial charge in [0.1, 0.15) is 17.3 Å². The summed E-state index contributed by atoms with van der Waals surface area (Å²) in [7, 11) is 0. The number of ether oxygens (including phenoxy) is 1. The highest BCUT2D eigenvalue weighted by atomic mass is 19.1. The van der Waals surface area contributed by atoms with E-state index >= 15 is 0 Å². The van der Waals surface area contributed by atoms with Gasteiger partial charge in [0, 0.05) is 18.2 Å². The number of nitrogens with zero attached hydrogens (tertiary/aromatic N) is 2. The molecular weight excluding hydrogens is 267 g/mol. The van der Waals surface area contributed by atoms with Crippen molar-refractivity contribution in [3.63, 3.8) is 0 Å². The molecule has 0 aliphatic heterocycles. The Morgan fingerprint density at radius 1 is 1.40 bits per heavy atom. The van der Waals surface area contributed by atoms with Gasteiger partial charge in [-0.15, -0.1) is 0 Å². The zero-order chi connectivity index (χ0) is 14.7. The predicted octanol–water partition coefficient (Wildman–Crippen LogP) is 2.21. The van der Waals surface area contributed by atoms with E-state index in [1.54, 1.807) is 0 Å². The molecule has 0 aliphatic carbocycles. The van der Waals surface area contributed by atoms with Crippen LogP contribution >= 0.6 is 0 Å². The molecule has 0 fully saturated rings. The molecule has 2 aromatic rings. The number of nitrogen functional groups attached to an aromatic ring is 1. The molecule has 0 bridgehead atoms. The van der Waals surface area contributed by atoms with Crippen LogP contribution < -0.4 is 10.5 Å². The van der Waals surface area contributed by atoms with Crippen LogP contribution in [0, 0.1) is 21.3 Å². The van der Waals surface area contributed by atoms with Gasteiger partial charge < -0.3 is 10.5 Å². The summed E-state index contributed by atoms with van der Waals surface area (Å²) < 4.78 is 18.3. The Kier molecular flexibility index (Phi) is 3.56. The van der Waals surface area contributed by atoms with Crippen molar-refractivity contribution in [3.8, 4) is 11.6 Å². The molecule has 3 N–H and O–H groups in total. The van der Waals surface area contributed by atoms with Crippen molar-refractivity contribution in [1.29, 1.82) is 5.41 Å². The fourth-order valence-electron chi connectivity index (χ4n) is 1.45. The summed E-state index contributed by atoms with van der Waals surface area (Å²) in [6.07, 6.45) is 0. The highest BCUT2D eigenvalue weighted by Crippen LogP contribution is 2.31. The van der Waals surface area contributed by atoms with E-state index in [-0.39, 0.29) is 28.8 Å². The number of nitro groups is 1. The minimum atomic E-state index is -0.691. The van der Waals surface area contributed by atoms with Gasteiger partial charge in [0.25, 0.3) is 0 Å². The number of halogens is 1. The Morgan fingerprint density at radius 2 is 2.15 bits per heavy atom. The van der Waals surface area contributed by atoms with Gasteiger partial charge >= 0.3 is 5.69 Å². The number of rotatable bonds is 4. The Bertz CT molecular complexity index is 690. The molecule has 7 nitrogen and oxygen atoms in total. The maximum Gasteiger partial charge on any atom is 0.311 e. The van der Waals surface area contributed by atoms with Crippen LogP contribution in [-0.2, 0) is 0 Å². The van der Waals surface area contributed by atoms with Crippen molar-refractivity contribution in [2.75, 3.05) is 0 Å². The van der Waals surface area contributed by atoms with Gasteiger partial charge in [-0.3, -0.25) is 15.5 Å². The molecule has 1 aromatic carbocycles. The maximum absolute atomic E-state index is 13.1. The normalized spacial score (nSPS) is 10.1. The van der Waals surface area contributed by atoms with Gasteiger partial charge in [0.2, 0.25) is 11.6 Å². The van der Waals surface area contributed by atoms with Crippen LogP contribution in [0.1, 0.15) is 5.69 Å². The van der Waals surface area contributed by atoms with E-state index in [4.69, 9.17) is 15.9 Å². The molecule has 0 aliphatic rings. The molecule has 0 amide bonds. The maximum atomic E-state index is 13.1. The highest BCUT2D eigenvalue weighted by Gasteiger charge is 2.17. The predicted molar refractivity (Wildman–Crippen MR) is 68.4 cm³/mol. The van der Waals surface area contributed by atoms with Gasteiger partial charge in [-0.1, -0.05) is 6.07 Å². The average molecular weight is 276 g/mol. The van der Waals surface area contributed by atoms with E-state index < -0.39 is 10.7 Å². The van der Waals surface area contributed by atoms with Crippen molar-refractivity contribution >= 4 is 11.5 Å². The van der Waals surface area contributed by atoms with Crippen LogP contribution in [0.25, 0.3) is 0 Å². The molecule has 0 unspecified atom stereocenters. The van der Waals surface area contributed by atoms with Crippen LogP contribution in [0.3, 0.4) is 0 Å². The molecule has 0 spiro atoms. The van der Waals surface area contributed by atoms with Crippen LogP contribution in [0.4, 0.5) is 10.1 Å². The lowest BCUT2D eigenvalue weighted by Gasteiger charge is -2.06. The van der Waals surface area contributed by atoms with E-state index in [9.17, 15) is 14.5 Å². The molecule has 8 heteroatoms. The second-order valence-corrected chi connectivity index (χ2v) is 3.75. The standard InChI is InChI=1S/C12H9FN4O3/c13-7-4-5-9(17(18)19)10(6-7)20-11-3-1-2-8(16-11)12(14)15/h1-6H,(H3,14,15). The first-order valence-corrected chi connectivity index (χ1v) is 5.40. The first-order valence-electron chi connectivity index (χ1n) is 5.40. The second kappa shape index (κ2) is 5.31. The summed E-state index contributed by atoms with van der Waals surface area (Å²) in [6, 6.07) is 7.27. The fourth-order valence-corrected chi connectivity index (χ4v) is 1.45. The van der Waals surface area contributed by atoms with E-state index in [1.165, 1.54) is 18.2 Å². The van der Waals surface area contributed by atoms with Crippen molar-refractivity contribution < 1.29 is 14.1 Å². The molecule has 0 atom stereocenters. The van der Waals surface area contributed by atoms with Gasteiger partial charge in [-0.25, -0.2) is 9.37 Å². The summed E-state index contributed by atoms with van der Waals surface area (Å²) >= 11 is 0. The van der Waals surface area contributed by atoms with E-state index in [1.807, 2.05) is 0 Å². The minimum absolute atomic E-state index is 0.0219. The molecule has 102 valence electrons. The largest absolute Gasteiger partial charge is 0.432 e. The van der Waals surface area contributed by atoms with Crippen LogP contribution in [-0.4, -0.2) is 15.7 Å². The molecular formula is C12H9FN4O3. The number of benzene rings is 1. The van der Waals surface area contributed by atoms with Crippen LogP contribution in [0.2, 0.25) is 0 Å². The van der Waals surface area contributed by atoms with Crippen molar-refractivity contribution in [3.05, 3.63) is 58.0 Å². The number of nitrogens with two attached hydrogens (primary N) is 1. The van der Waals surface area contributed by atoms with Crippen LogP contribution in [0.5, 0.6) is 11.6 Å². The summed E-state index contributed by atoms with van der Waals surface area (Å²) in [5, 5.41) is 18.1. The number of hydrogen-bond donors (Lipinski definition) is 2.